The van der Waals surface area contributed by atoms with Gasteiger partial charge in [0.15, 0.2) is 6.04 Å². The van der Waals surface area contributed by atoms with E-state index in [9.17, 15) is 4.79 Å². The number of nitrogens with one attached hydrogen (secondary N) is 2. The first-order chi connectivity index (χ1) is 13.5. The van der Waals surface area contributed by atoms with Crippen LogP contribution in [0.4, 0.5) is 5.69 Å². The lowest BCUT2D eigenvalue weighted by atomic mass is 10.0. The SMILES string of the molecule is CCCc1cc(OCC)cc(C(Nc2ccc(C(=N)N)cc2)C(=O)OCC)c1. The second-order valence-corrected chi connectivity index (χ2v) is 6.41. The Labute approximate surface area is 166 Å². The number of benzene rings is 2. The molecule has 1 atom stereocenters. The van der Waals surface area contributed by atoms with Crippen molar-refractivity contribution in [3.8, 4) is 5.75 Å². The van der Waals surface area contributed by atoms with E-state index < -0.39 is 6.04 Å². The van der Waals surface area contributed by atoms with Crippen LogP contribution in [-0.4, -0.2) is 25.0 Å². The summed E-state index contributed by atoms with van der Waals surface area (Å²) in [5.74, 6) is 0.392. The van der Waals surface area contributed by atoms with Gasteiger partial charge in [-0.15, -0.1) is 0 Å². The molecule has 0 heterocycles. The molecule has 4 N–H and O–H groups in total. The van der Waals surface area contributed by atoms with E-state index in [-0.39, 0.29) is 11.8 Å². The first-order valence-corrected chi connectivity index (χ1v) is 9.62. The van der Waals surface area contributed by atoms with Crippen molar-refractivity contribution in [3.63, 3.8) is 0 Å². The van der Waals surface area contributed by atoms with Gasteiger partial charge in [0.1, 0.15) is 11.6 Å². The Hall–Kier alpha value is -3.02. The van der Waals surface area contributed by atoms with Gasteiger partial charge in [0, 0.05) is 11.3 Å². The monoisotopic (exact) mass is 383 g/mol. The van der Waals surface area contributed by atoms with Crippen LogP contribution in [0.3, 0.4) is 0 Å². The maximum absolute atomic E-state index is 12.7. The molecule has 0 radical (unpaired) electrons. The molecular formula is C22H29N3O3. The van der Waals surface area contributed by atoms with E-state index in [4.69, 9.17) is 20.6 Å². The molecule has 2 rings (SSSR count). The number of aryl methyl sites for hydroxylation is 1. The van der Waals surface area contributed by atoms with Crippen LogP contribution in [0.25, 0.3) is 0 Å². The summed E-state index contributed by atoms with van der Waals surface area (Å²) in [6, 6.07) is 12.3. The molecule has 0 aromatic heterocycles. The van der Waals surface area contributed by atoms with Crippen molar-refractivity contribution in [3.05, 3.63) is 59.2 Å². The van der Waals surface area contributed by atoms with Gasteiger partial charge in [0.05, 0.1) is 13.2 Å². The number of ether oxygens (including phenoxy) is 2. The van der Waals surface area contributed by atoms with Crippen LogP contribution in [0.1, 0.15) is 49.9 Å². The normalized spacial score (nSPS) is 11.5. The maximum atomic E-state index is 12.7. The average molecular weight is 383 g/mol. The van der Waals surface area contributed by atoms with E-state index in [2.05, 4.69) is 12.2 Å². The van der Waals surface area contributed by atoms with Crippen LogP contribution in [0.5, 0.6) is 5.75 Å². The van der Waals surface area contributed by atoms with Gasteiger partial charge < -0.3 is 20.5 Å². The molecule has 2 aromatic carbocycles. The molecule has 0 aliphatic carbocycles. The third-order valence-corrected chi connectivity index (χ3v) is 4.20. The van der Waals surface area contributed by atoms with E-state index in [1.165, 1.54) is 0 Å². The first-order valence-electron chi connectivity index (χ1n) is 9.62. The fourth-order valence-corrected chi connectivity index (χ4v) is 2.95. The summed E-state index contributed by atoms with van der Waals surface area (Å²) >= 11 is 0. The molecule has 6 heteroatoms. The number of carbonyl (C=O) groups is 1. The number of nitrogens with two attached hydrogens (primary N) is 1. The fourth-order valence-electron chi connectivity index (χ4n) is 2.95. The number of esters is 1. The fraction of sp³-hybridized carbons (Fsp3) is 0.364. The van der Waals surface area contributed by atoms with Gasteiger partial charge in [0.2, 0.25) is 0 Å². The van der Waals surface area contributed by atoms with E-state index in [0.29, 0.717) is 18.8 Å². The Morgan fingerprint density at radius 3 is 2.39 bits per heavy atom. The molecule has 1 unspecified atom stereocenters. The van der Waals surface area contributed by atoms with Crippen molar-refractivity contribution in [1.29, 1.82) is 5.41 Å². The van der Waals surface area contributed by atoms with Gasteiger partial charge in [0.25, 0.3) is 0 Å². The highest BCUT2D eigenvalue weighted by atomic mass is 16.5. The summed E-state index contributed by atoms with van der Waals surface area (Å²) in [5, 5.41) is 10.7. The average Bonchev–Trinajstić information content (AvgIpc) is 2.67. The third-order valence-electron chi connectivity index (χ3n) is 4.20. The molecule has 2 aromatic rings. The summed E-state index contributed by atoms with van der Waals surface area (Å²) in [6.45, 7) is 6.69. The number of rotatable bonds is 10. The van der Waals surface area contributed by atoms with Gasteiger partial charge in [-0.3, -0.25) is 5.41 Å². The molecule has 0 aliphatic rings. The van der Waals surface area contributed by atoms with Crippen molar-refractivity contribution in [2.24, 2.45) is 5.73 Å². The predicted octanol–water partition coefficient (Wildman–Crippen LogP) is 4.04. The highest BCUT2D eigenvalue weighted by Crippen LogP contribution is 2.27. The molecule has 0 saturated carbocycles. The zero-order valence-electron chi connectivity index (χ0n) is 16.7. The van der Waals surface area contributed by atoms with E-state index in [1.807, 2.05) is 25.1 Å². The Kier molecular flexibility index (Phi) is 7.87. The summed E-state index contributed by atoms with van der Waals surface area (Å²) < 4.78 is 11.0. The number of carbonyl (C=O) groups excluding carboxylic acids is 1. The van der Waals surface area contributed by atoms with Crippen LogP contribution in [0.15, 0.2) is 42.5 Å². The minimum absolute atomic E-state index is 0.00196. The molecule has 28 heavy (non-hydrogen) atoms. The van der Waals surface area contributed by atoms with Crippen LogP contribution in [0.2, 0.25) is 0 Å². The number of hydrogen-bond donors (Lipinski definition) is 3. The second kappa shape index (κ2) is 10.3. The van der Waals surface area contributed by atoms with Crippen molar-refractivity contribution in [2.45, 2.75) is 39.7 Å². The molecule has 0 spiro atoms. The van der Waals surface area contributed by atoms with E-state index >= 15 is 0 Å². The van der Waals surface area contributed by atoms with Gasteiger partial charge >= 0.3 is 5.97 Å². The van der Waals surface area contributed by atoms with Crippen molar-refractivity contribution in [1.82, 2.24) is 0 Å². The largest absolute Gasteiger partial charge is 0.494 e. The van der Waals surface area contributed by atoms with Crippen molar-refractivity contribution >= 4 is 17.5 Å². The molecule has 0 bridgehead atoms. The van der Waals surface area contributed by atoms with Gasteiger partial charge in [-0.25, -0.2) is 4.79 Å². The topological polar surface area (TPSA) is 97.4 Å². The quantitative estimate of drug-likeness (QED) is 0.327. The summed E-state index contributed by atoms with van der Waals surface area (Å²) in [6.07, 6.45) is 1.90. The van der Waals surface area contributed by atoms with Gasteiger partial charge in [-0.1, -0.05) is 19.4 Å². The molecular weight excluding hydrogens is 354 g/mol. The number of anilines is 1. The molecule has 6 nitrogen and oxygen atoms in total. The van der Waals surface area contributed by atoms with Gasteiger partial charge in [-0.05, 0) is 67.8 Å². The second-order valence-electron chi connectivity index (χ2n) is 6.41. The van der Waals surface area contributed by atoms with Crippen LogP contribution in [0, 0.1) is 5.41 Å². The Bertz CT molecular complexity index is 779. The lowest BCUT2D eigenvalue weighted by Gasteiger charge is -2.21. The molecule has 0 saturated heterocycles. The zero-order valence-corrected chi connectivity index (χ0v) is 16.7. The molecule has 0 amide bonds. The minimum Gasteiger partial charge on any atom is -0.494 e. The number of amidine groups is 1. The predicted molar refractivity (Wildman–Crippen MR) is 112 cm³/mol. The lowest BCUT2D eigenvalue weighted by molar-refractivity contribution is -0.144. The van der Waals surface area contributed by atoms with Crippen LogP contribution < -0.4 is 15.8 Å². The highest BCUT2D eigenvalue weighted by molar-refractivity contribution is 5.95. The molecule has 150 valence electrons. The highest BCUT2D eigenvalue weighted by Gasteiger charge is 2.23. The summed E-state index contributed by atoms with van der Waals surface area (Å²) in [5.41, 5.74) is 8.79. The maximum Gasteiger partial charge on any atom is 0.333 e. The van der Waals surface area contributed by atoms with Crippen molar-refractivity contribution in [2.75, 3.05) is 18.5 Å². The van der Waals surface area contributed by atoms with Crippen LogP contribution in [-0.2, 0) is 16.0 Å². The van der Waals surface area contributed by atoms with Gasteiger partial charge in [-0.2, -0.15) is 0 Å². The molecule has 0 fully saturated rings. The Balaban J connectivity index is 2.39. The minimum atomic E-state index is -0.667. The van der Waals surface area contributed by atoms with E-state index in [0.717, 1.165) is 35.4 Å². The molecule has 0 aliphatic heterocycles. The zero-order chi connectivity index (χ0) is 20.5. The van der Waals surface area contributed by atoms with E-state index in [1.54, 1.807) is 31.2 Å². The number of hydrogen-bond acceptors (Lipinski definition) is 5. The van der Waals surface area contributed by atoms with Crippen molar-refractivity contribution < 1.29 is 14.3 Å². The number of nitrogen functional groups attached to an aromatic ring is 1. The Morgan fingerprint density at radius 2 is 1.82 bits per heavy atom. The summed E-state index contributed by atoms with van der Waals surface area (Å²) in [7, 11) is 0. The van der Waals surface area contributed by atoms with Crippen LogP contribution >= 0.6 is 0 Å². The lowest BCUT2D eigenvalue weighted by Crippen LogP contribution is -2.24. The third kappa shape index (κ3) is 5.74. The standard InChI is InChI=1S/C22H29N3O3/c1-4-7-15-12-17(14-19(13-15)27-5-2)20(22(26)28-6-3)25-18-10-8-16(9-11-18)21(23)24/h8-14,20,25H,4-7H2,1-3H3,(H3,23,24). The Morgan fingerprint density at radius 1 is 1.11 bits per heavy atom. The smallest absolute Gasteiger partial charge is 0.333 e. The first kappa shape index (κ1) is 21.3. The summed E-state index contributed by atoms with van der Waals surface area (Å²) in [4.78, 5) is 12.7.